The summed E-state index contributed by atoms with van der Waals surface area (Å²) < 4.78 is 9.73. The van der Waals surface area contributed by atoms with Gasteiger partial charge in [-0.1, -0.05) is 12.1 Å². The highest BCUT2D eigenvalue weighted by atomic mass is 16.7. The second-order valence-corrected chi connectivity index (χ2v) is 6.55. The van der Waals surface area contributed by atoms with Crippen LogP contribution in [0.5, 0.6) is 5.75 Å². The molecule has 2 aromatic carbocycles. The molecule has 1 heterocycles. The molecule has 0 saturated carbocycles. The Kier molecular flexibility index (Phi) is 6.37. The molecule has 148 valence electrons. The van der Waals surface area contributed by atoms with Gasteiger partial charge >= 0.3 is 12.2 Å². The van der Waals surface area contributed by atoms with Crippen LogP contribution in [0.15, 0.2) is 48.5 Å². The molecule has 1 fully saturated rings. The van der Waals surface area contributed by atoms with Crippen LogP contribution in [0.1, 0.15) is 12.5 Å². The number of anilines is 2. The number of aryl methyl sites for hydroxylation is 1. The molecule has 0 spiro atoms. The molecular formula is C21H25N3O4. The average Bonchev–Trinajstić information content (AvgIpc) is 2.70. The first-order valence-corrected chi connectivity index (χ1v) is 9.37. The zero-order valence-electron chi connectivity index (χ0n) is 16.2. The summed E-state index contributed by atoms with van der Waals surface area (Å²) >= 11 is 0. The molecule has 7 nitrogen and oxygen atoms in total. The van der Waals surface area contributed by atoms with Crippen molar-refractivity contribution in [2.45, 2.75) is 13.8 Å². The highest BCUT2D eigenvalue weighted by Crippen LogP contribution is 2.19. The Bertz CT molecular complexity index is 815. The van der Waals surface area contributed by atoms with Gasteiger partial charge in [-0.05, 0) is 55.8 Å². The van der Waals surface area contributed by atoms with E-state index in [9.17, 15) is 9.59 Å². The van der Waals surface area contributed by atoms with Gasteiger partial charge in [-0.2, -0.15) is 0 Å². The number of benzene rings is 2. The predicted molar refractivity (Wildman–Crippen MR) is 108 cm³/mol. The molecule has 7 heteroatoms. The Labute approximate surface area is 164 Å². The minimum absolute atomic E-state index is 0.136. The number of hydrogen-bond donors (Lipinski definition) is 1. The summed E-state index contributed by atoms with van der Waals surface area (Å²) in [7, 11) is 0. The number of carbonyl (C=O) groups excluding carboxylic acids is 2. The normalized spacial score (nSPS) is 13.8. The van der Waals surface area contributed by atoms with Crippen molar-refractivity contribution in [1.29, 1.82) is 0 Å². The van der Waals surface area contributed by atoms with Crippen LogP contribution in [-0.4, -0.2) is 49.9 Å². The minimum Gasteiger partial charge on any atom is -0.434 e. The Morgan fingerprint density at radius 1 is 1.04 bits per heavy atom. The topological polar surface area (TPSA) is 71.1 Å². The van der Waals surface area contributed by atoms with Crippen molar-refractivity contribution in [1.82, 2.24) is 4.90 Å². The molecule has 0 bridgehead atoms. The van der Waals surface area contributed by atoms with Crippen molar-refractivity contribution in [3.8, 4) is 5.75 Å². The van der Waals surface area contributed by atoms with Crippen molar-refractivity contribution in [3.05, 3.63) is 54.1 Å². The van der Waals surface area contributed by atoms with Gasteiger partial charge in [-0.25, -0.2) is 9.59 Å². The first-order chi connectivity index (χ1) is 13.5. The van der Waals surface area contributed by atoms with E-state index in [1.807, 2.05) is 0 Å². The summed E-state index contributed by atoms with van der Waals surface area (Å²) in [5.41, 5.74) is 3.06. The molecule has 0 aliphatic carbocycles. The van der Waals surface area contributed by atoms with Crippen molar-refractivity contribution in [2.24, 2.45) is 0 Å². The van der Waals surface area contributed by atoms with E-state index in [0.717, 1.165) is 13.1 Å². The zero-order chi connectivity index (χ0) is 19.9. The van der Waals surface area contributed by atoms with Gasteiger partial charge < -0.3 is 24.6 Å². The quantitative estimate of drug-likeness (QED) is 0.641. The molecule has 1 aliphatic rings. The number of urea groups is 1. The Morgan fingerprint density at radius 3 is 2.39 bits per heavy atom. The zero-order valence-corrected chi connectivity index (χ0v) is 16.2. The minimum atomic E-state index is -0.745. The third-order valence-electron chi connectivity index (χ3n) is 4.50. The molecule has 2 aromatic rings. The van der Waals surface area contributed by atoms with Crippen molar-refractivity contribution in [3.63, 3.8) is 0 Å². The number of nitrogens with one attached hydrogen (secondary N) is 1. The highest BCUT2D eigenvalue weighted by molar-refractivity contribution is 5.89. The summed E-state index contributed by atoms with van der Waals surface area (Å²) in [6, 6.07) is 14.9. The van der Waals surface area contributed by atoms with E-state index in [2.05, 4.69) is 41.4 Å². The van der Waals surface area contributed by atoms with Gasteiger partial charge in [0.25, 0.3) is 0 Å². The second-order valence-electron chi connectivity index (χ2n) is 6.55. The van der Waals surface area contributed by atoms with Crippen molar-refractivity contribution < 1.29 is 19.1 Å². The van der Waals surface area contributed by atoms with E-state index in [0.29, 0.717) is 24.5 Å². The SMILES string of the molecule is CCOC(=O)Oc1ccc(NC(=O)N2CCN(c3cccc(C)c3)CC2)cc1. The number of carbonyl (C=O) groups is 2. The fraction of sp³-hybridized carbons (Fsp3) is 0.333. The number of ether oxygens (including phenoxy) is 2. The molecule has 1 aliphatic heterocycles. The van der Waals surface area contributed by atoms with Gasteiger partial charge in [0.05, 0.1) is 6.61 Å². The average molecular weight is 383 g/mol. The Balaban J connectivity index is 1.49. The summed E-state index contributed by atoms with van der Waals surface area (Å²) in [5, 5.41) is 2.88. The van der Waals surface area contributed by atoms with Crippen LogP contribution in [0.25, 0.3) is 0 Å². The van der Waals surface area contributed by atoms with Crippen molar-refractivity contribution in [2.75, 3.05) is 43.0 Å². The summed E-state index contributed by atoms with van der Waals surface area (Å²) in [6.45, 7) is 6.95. The largest absolute Gasteiger partial charge is 0.513 e. The number of hydrogen-bond acceptors (Lipinski definition) is 5. The third-order valence-corrected chi connectivity index (χ3v) is 4.50. The van der Waals surface area contributed by atoms with E-state index < -0.39 is 6.16 Å². The first kappa shape index (κ1) is 19.5. The van der Waals surface area contributed by atoms with Gasteiger partial charge in [0.1, 0.15) is 5.75 Å². The molecule has 2 amide bonds. The standard InChI is InChI=1S/C21H25N3O4/c1-3-27-21(26)28-19-9-7-17(8-10-19)22-20(25)24-13-11-23(12-14-24)18-6-4-5-16(2)15-18/h4-10,15H,3,11-14H2,1-2H3,(H,22,25). The van der Waals surface area contributed by atoms with Gasteiger partial charge in [0, 0.05) is 37.6 Å². The number of piperazine rings is 1. The molecule has 1 N–H and O–H groups in total. The lowest BCUT2D eigenvalue weighted by molar-refractivity contribution is 0.104. The van der Waals surface area contributed by atoms with E-state index in [-0.39, 0.29) is 12.6 Å². The number of rotatable bonds is 4. The van der Waals surface area contributed by atoms with Crippen LogP contribution in [0.2, 0.25) is 0 Å². The molecule has 28 heavy (non-hydrogen) atoms. The molecule has 1 saturated heterocycles. The van der Waals surface area contributed by atoms with E-state index in [1.165, 1.54) is 11.3 Å². The molecule has 0 atom stereocenters. The van der Waals surface area contributed by atoms with Crippen molar-refractivity contribution >= 4 is 23.6 Å². The summed E-state index contributed by atoms with van der Waals surface area (Å²) in [6.07, 6.45) is -0.745. The monoisotopic (exact) mass is 383 g/mol. The second kappa shape index (κ2) is 9.12. The predicted octanol–water partition coefficient (Wildman–Crippen LogP) is 3.88. The van der Waals surface area contributed by atoms with Crippen LogP contribution in [0, 0.1) is 6.92 Å². The van der Waals surface area contributed by atoms with E-state index >= 15 is 0 Å². The number of amides is 2. The maximum absolute atomic E-state index is 12.5. The van der Waals surface area contributed by atoms with Gasteiger partial charge in [-0.3, -0.25) is 0 Å². The molecule has 0 radical (unpaired) electrons. The lowest BCUT2D eigenvalue weighted by Crippen LogP contribution is -2.50. The first-order valence-electron chi connectivity index (χ1n) is 9.37. The number of nitrogens with zero attached hydrogens (tertiary/aromatic N) is 2. The maximum atomic E-state index is 12.5. The summed E-state index contributed by atoms with van der Waals surface area (Å²) in [5.74, 6) is 0.364. The third kappa shape index (κ3) is 5.16. The van der Waals surface area contributed by atoms with Gasteiger partial charge in [0.2, 0.25) is 0 Å². The van der Waals surface area contributed by atoms with Crippen LogP contribution in [0.3, 0.4) is 0 Å². The van der Waals surface area contributed by atoms with Crippen LogP contribution < -0.4 is 15.0 Å². The van der Waals surface area contributed by atoms with E-state index in [4.69, 9.17) is 9.47 Å². The fourth-order valence-corrected chi connectivity index (χ4v) is 3.04. The lowest BCUT2D eigenvalue weighted by atomic mass is 10.2. The maximum Gasteiger partial charge on any atom is 0.513 e. The fourth-order valence-electron chi connectivity index (χ4n) is 3.04. The molecule has 0 unspecified atom stereocenters. The molecule has 0 aromatic heterocycles. The Morgan fingerprint density at radius 2 is 1.75 bits per heavy atom. The highest BCUT2D eigenvalue weighted by Gasteiger charge is 2.21. The van der Waals surface area contributed by atoms with Crippen LogP contribution in [-0.2, 0) is 4.74 Å². The molecular weight excluding hydrogens is 358 g/mol. The Hall–Kier alpha value is -3.22. The lowest BCUT2D eigenvalue weighted by Gasteiger charge is -2.36. The van der Waals surface area contributed by atoms with Gasteiger partial charge in [0.15, 0.2) is 0 Å². The van der Waals surface area contributed by atoms with Crippen LogP contribution >= 0.6 is 0 Å². The van der Waals surface area contributed by atoms with Crippen LogP contribution in [0.4, 0.5) is 21.0 Å². The van der Waals surface area contributed by atoms with E-state index in [1.54, 1.807) is 36.1 Å². The van der Waals surface area contributed by atoms with Gasteiger partial charge in [-0.15, -0.1) is 0 Å². The summed E-state index contributed by atoms with van der Waals surface area (Å²) in [4.78, 5) is 27.9. The molecule has 3 rings (SSSR count). The smallest absolute Gasteiger partial charge is 0.434 e.